The minimum absolute atomic E-state index is 0. The summed E-state index contributed by atoms with van der Waals surface area (Å²) in [4.78, 5) is 20.9. The molecule has 1 aliphatic heterocycles. The van der Waals surface area contributed by atoms with Gasteiger partial charge < -0.3 is 20.4 Å². The number of thiophene rings is 1. The summed E-state index contributed by atoms with van der Waals surface area (Å²) in [5, 5.41) is 9.49. The zero-order valence-corrected chi connectivity index (χ0v) is 18.0. The number of hydrogen-bond donors (Lipinski definition) is 2. The Morgan fingerprint density at radius 2 is 2.00 bits per heavy atom. The molecular formula is C16H28IN5OS. The van der Waals surface area contributed by atoms with E-state index in [0.29, 0.717) is 6.54 Å². The number of piperazine rings is 1. The van der Waals surface area contributed by atoms with Crippen LogP contribution in [-0.4, -0.2) is 63.6 Å². The second-order valence-corrected chi connectivity index (χ2v) is 7.22. The van der Waals surface area contributed by atoms with Gasteiger partial charge in [0, 0.05) is 46.8 Å². The Bertz CT molecular complexity index is 539. The molecule has 0 aromatic carbocycles. The van der Waals surface area contributed by atoms with E-state index in [4.69, 9.17) is 0 Å². The molecule has 0 spiro atoms. The molecule has 0 unspecified atom stereocenters. The van der Waals surface area contributed by atoms with Gasteiger partial charge in [0.2, 0.25) is 5.91 Å². The maximum Gasteiger partial charge on any atom is 0.227 e. The van der Waals surface area contributed by atoms with E-state index in [1.165, 1.54) is 5.00 Å². The molecule has 0 radical (unpaired) electrons. The van der Waals surface area contributed by atoms with E-state index >= 15 is 0 Å². The van der Waals surface area contributed by atoms with Crippen LogP contribution in [0.3, 0.4) is 0 Å². The number of amides is 1. The van der Waals surface area contributed by atoms with E-state index in [0.717, 1.165) is 32.1 Å². The van der Waals surface area contributed by atoms with Crippen LogP contribution in [-0.2, 0) is 4.79 Å². The van der Waals surface area contributed by atoms with Gasteiger partial charge in [-0.05, 0) is 31.4 Å². The van der Waals surface area contributed by atoms with Crippen molar-refractivity contribution < 1.29 is 4.79 Å². The number of nitrogens with zero attached hydrogens (tertiary/aromatic N) is 3. The summed E-state index contributed by atoms with van der Waals surface area (Å²) in [6.07, 6.45) is 0. The first-order valence-electron chi connectivity index (χ1n) is 7.94. The lowest BCUT2D eigenvalue weighted by Gasteiger charge is -2.37. The fourth-order valence-electron chi connectivity index (χ4n) is 2.64. The maximum absolute atomic E-state index is 11.9. The Morgan fingerprint density at radius 1 is 1.33 bits per heavy atom. The predicted molar refractivity (Wildman–Crippen MR) is 113 cm³/mol. The van der Waals surface area contributed by atoms with Gasteiger partial charge in [0.15, 0.2) is 5.96 Å². The third kappa shape index (κ3) is 5.23. The van der Waals surface area contributed by atoms with Gasteiger partial charge in [0.1, 0.15) is 0 Å². The number of anilines is 1. The smallest absolute Gasteiger partial charge is 0.227 e. The first kappa shape index (κ1) is 21.0. The summed E-state index contributed by atoms with van der Waals surface area (Å²) in [6.45, 7) is 8.25. The van der Waals surface area contributed by atoms with Crippen LogP contribution in [0.25, 0.3) is 0 Å². The van der Waals surface area contributed by atoms with Crippen LogP contribution in [0.4, 0.5) is 5.00 Å². The molecule has 1 aromatic heterocycles. The topological polar surface area (TPSA) is 60.0 Å². The fraction of sp³-hybridized carbons (Fsp3) is 0.625. The normalized spacial score (nSPS) is 15.8. The highest BCUT2D eigenvalue weighted by atomic mass is 127. The molecule has 8 heteroatoms. The van der Waals surface area contributed by atoms with Gasteiger partial charge in [-0.1, -0.05) is 0 Å². The van der Waals surface area contributed by atoms with Crippen molar-refractivity contribution in [2.75, 3.05) is 51.7 Å². The van der Waals surface area contributed by atoms with E-state index in [1.807, 2.05) is 13.8 Å². The van der Waals surface area contributed by atoms with E-state index in [1.54, 1.807) is 25.4 Å². The van der Waals surface area contributed by atoms with Gasteiger partial charge in [0.05, 0.1) is 10.4 Å². The molecule has 0 saturated carbocycles. The summed E-state index contributed by atoms with van der Waals surface area (Å²) in [5.41, 5.74) is -0.469. The number of rotatable bonds is 4. The van der Waals surface area contributed by atoms with Crippen molar-refractivity contribution >= 4 is 52.2 Å². The van der Waals surface area contributed by atoms with Crippen LogP contribution in [0.1, 0.15) is 13.8 Å². The number of hydrogen-bond acceptors (Lipinski definition) is 4. The van der Waals surface area contributed by atoms with Crippen LogP contribution in [0.15, 0.2) is 22.5 Å². The highest BCUT2D eigenvalue weighted by molar-refractivity contribution is 14.0. The molecule has 1 aromatic rings. The van der Waals surface area contributed by atoms with Crippen LogP contribution < -0.4 is 15.5 Å². The summed E-state index contributed by atoms with van der Waals surface area (Å²) in [7, 11) is 3.46. The third-order valence-corrected chi connectivity index (χ3v) is 5.07. The number of carbonyl (C=O) groups is 1. The second kappa shape index (κ2) is 9.45. The third-order valence-electron chi connectivity index (χ3n) is 4.14. The molecule has 6 nitrogen and oxygen atoms in total. The molecule has 136 valence electrons. The number of carbonyl (C=O) groups excluding carboxylic acids is 1. The van der Waals surface area contributed by atoms with Crippen LogP contribution in [0.2, 0.25) is 0 Å². The van der Waals surface area contributed by atoms with E-state index in [9.17, 15) is 4.79 Å². The van der Waals surface area contributed by atoms with Gasteiger partial charge in [0.25, 0.3) is 0 Å². The summed E-state index contributed by atoms with van der Waals surface area (Å²) in [6, 6.07) is 4.26. The number of guanidine groups is 1. The van der Waals surface area contributed by atoms with Crippen molar-refractivity contribution in [2.45, 2.75) is 13.8 Å². The molecule has 2 heterocycles. The first-order valence-corrected chi connectivity index (χ1v) is 8.82. The number of aliphatic imine (C=N–C) groups is 1. The highest BCUT2D eigenvalue weighted by Crippen LogP contribution is 2.22. The highest BCUT2D eigenvalue weighted by Gasteiger charge is 2.28. The standard InChI is InChI=1S/C16H27N5OS.HI/c1-16(2,14(22)17-3)12-19-15(18-4)21-9-7-20(8-10-21)13-6-5-11-23-13;/h5-6,11H,7-10,12H2,1-4H3,(H,17,22)(H,18,19);1H. The quantitative estimate of drug-likeness (QED) is 0.405. The first-order chi connectivity index (χ1) is 11.0. The van der Waals surface area contributed by atoms with E-state index in [-0.39, 0.29) is 29.9 Å². The Balaban J connectivity index is 0.00000288. The van der Waals surface area contributed by atoms with Gasteiger partial charge in [-0.3, -0.25) is 9.79 Å². The average molecular weight is 465 g/mol. The lowest BCUT2D eigenvalue weighted by molar-refractivity contribution is -0.128. The Hall–Kier alpha value is -1.03. The largest absolute Gasteiger partial charge is 0.360 e. The van der Waals surface area contributed by atoms with Crippen LogP contribution in [0, 0.1) is 5.41 Å². The molecule has 1 amide bonds. The molecular weight excluding hydrogens is 437 g/mol. The van der Waals surface area contributed by atoms with E-state index in [2.05, 4.69) is 42.9 Å². The Morgan fingerprint density at radius 3 is 2.50 bits per heavy atom. The summed E-state index contributed by atoms with van der Waals surface area (Å²) in [5.74, 6) is 0.899. The SMILES string of the molecule is CN=C(NCC(C)(C)C(=O)NC)N1CCN(c2cccs2)CC1.I. The predicted octanol–water partition coefficient (Wildman–Crippen LogP) is 1.84. The second-order valence-electron chi connectivity index (χ2n) is 6.29. The van der Waals surface area contributed by atoms with Gasteiger partial charge in [-0.15, -0.1) is 35.3 Å². The Kier molecular flexibility index (Phi) is 8.28. The van der Waals surface area contributed by atoms with Crippen molar-refractivity contribution in [1.82, 2.24) is 15.5 Å². The summed E-state index contributed by atoms with van der Waals surface area (Å²) < 4.78 is 0. The zero-order chi connectivity index (χ0) is 16.9. The van der Waals surface area contributed by atoms with Crippen molar-refractivity contribution in [3.05, 3.63) is 17.5 Å². The number of halogens is 1. The molecule has 0 aliphatic carbocycles. The van der Waals surface area contributed by atoms with Gasteiger partial charge in [-0.25, -0.2) is 0 Å². The summed E-state index contributed by atoms with van der Waals surface area (Å²) >= 11 is 1.78. The van der Waals surface area contributed by atoms with Crippen molar-refractivity contribution in [1.29, 1.82) is 0 Å². The molecule has 1 saturated heterocycles. The van der Waals surface area contributed by atoms with E-state index < -0.39 is 5.41 Å². The minimum Gasteiger partial charge on any atom is -0.360 e. The molecule has 0 bridgehead atoms. The monoisotopic (exact) mass is 465 g/mol. The zero-order valence-electron chi connectivity index (χ0n) is 14.8. The van der Waals surface area contributed by atoms with Crippen LogP contribution >= 0.6 is 35.3 Å². The van der Waals surface area contributed by atoms with Gasteiger partial charge >= 0.3 is 0 Å². The molecule has 2 rings (SSSR count). The van der Waals surface area contributed by atoms with Crippen molar-refractivity contribution in [2.24, 2.45) is 10.4 Å². The minimum atomic E-state index is -0.469. The average Bonchev–Trinajstić information content (AvgIpc) is 3.09. The fourth-order valence-corrected chi connectivity index (χ4v) is 3.42. The lowest BCUT2D eigenvalue weighted by Crippen LogP contribution is -2.54. The molecule has 24 heavy (non-hydrogen) atoms. The molecule has 2 N–H and O–H groups in total. The van der Waals surface area contributed by atoms with Gasteiger partial charge in [-0.2, -0.15) is 0 Å². The Labute approximate surface area is 165 Å². The molecule has 1 aliphatic rings. The van der Waals surface area contributed by atoms with Crippen LogP contribution in [0.5, 0.6) is 0 Å². The molecule has 0 atom stereocenters. The number of nitrogens with one attached hydrogen (secondary N) is 2. The van der Waals surface area contributed by atoms with Crippen molar-refractivity contribution in [3.8, 4) is 0 Å². The van der Waals surface area contributed by atoms with Crippen molar-refractivity contribution in [3.63, 3.8) is 0 Å². The molecule has 1 fully saturated rings. The maximum atomic E-state index is 11.9. The lowest BCUT2D eigenvalue weighted by atomic mass is 9.92.